The van der Waals surface area contributed by atoms with Gasteiger partial charge in [0.25, 0.3) is 0 Å². The van der Waals surface area contributed by atoms with Crippen molar-refractivity contribution in [1.82, 2.24) is 10.0 Å². The van der Waals surface area contributed by atoms with Crippen LogP contribution in [-0.4, -0.2) is 70.1 Å². The zero-order valence-corrected chi connectivity index (χ0v) is 20.7. The van der Waals surface area contributed by atoms with E-state index in [0.717, 1.165) is 43.7 Å². The lowest BCUT2D eigenvalue weighted by molar-refractivity contribution is -0.240. The second-order valence-electron chi connectivity index (χ2n) is 9.87. The fourth-order valence-corrected chi connectivity index (χ4v) is 5.18. The summed E-state index contributed by atoms with van der Waals surface area (Å²) in [5.41, 5.74) is 2.30. The maximum Gasteiger partial charge on any atom is 0.369 e. The van der Waals surface area contributed by atoms with Crippen LogP contribution in [0.1, 0.15) is 43.4 Å². The molecule has 0 amide bonds. The van der Waals surface area contributed by atoms with Crippen molar-refractivity contribution >= 4 is 17.8 Å². The molecule has 10 nitrogen and oxygen atoms in total. The van der Waals surface area contributed by atoms with E-state index in [1.807, 2.05) is 0 Å². The highest BCUT2D eigenvalue weighted by atomic mass is 16.7. The summed E-state index contributed by atoms with van der Waals surface area (Å²) in [5.74, 6) is 0.454. The zero-order chi connectivity index (χ0) is 25.8. The summed E-state index contributed by atoms with van der Waals surface area (Å²) in [6, 6.07) is 9.85. The zero-order valence-electron chi connectivity index (χ0n) is 20.7. The third-order valence-corrected chi connectivity index (χ3v) is 7.29. The Morgan fingerprint density at radius 3 is 2.78 bits per heavy atom. The molecule has 3 heterocycles. The number of carboxylic acids is 1. The van der Waals surface area contributed by atoms with Gasteiger partial charge in [-0.2, -0.15) is 0 Å². The van der Waals surface area contributed by atoms with Crippen LogP contribution in [0.5, 0.6) is 11.5 Å². The SMILES string of the molecule is O=C(ON(C1CC(CCc2ccc3c(n2)NCCC3)C1)[C@@H](CCO)C(=O)O)C1COc2ccccc2O1. The number of benzene rings is 1. The van der Waals surface area contributed by atoms with Crippen molar-refractivity contribution < 1.29 is 34.1 Å². The number of hydroxylamine groups is 2. The summed E-state index contributed by atoms with van der Waals surface area (Å²) in [5, 5.41) is 23.9. The number of carboxylic acid groups (broad SMARTS) is 1. The first kappa shape index (κ1) is 25.3. The number of aliphatic hydroxyl groups excluding tert-OH is 1. The second kappa shape index (κ2) is 11.4. The molecule has 0 spiro atoms. The number of aryl methyl sites for hydroxylation is 2. The molecule has 0 radical (unpaired) electrons. The van der Waals surface area contributed by atoms with Crippen molar-refractivity contribution in [3.63, 3.8) is 0 Å². The van der Waals surface area contributed by atoms with Crippen molar-refractivity contribution in [2.75, 3.05) is 25.1 Å². The van der Waals surface area contributed by atoms with Crippen LogP contribution in [0.4, 0.5) is 5.82 Å². The Bertz CT molecular complexity index is 1120. The molecule has 1 aromatic heterocycles. The minimum atomic E-state index is -1.15. The van der Waals surface area contributed by atoms with Gasteiger partial charge in [-0.25, -0.2) is 9.78 Å². The van der Waals surface area contributed by atoms with Crippen LogP contribution in [0.15, 0.2) is 36.4 Å². The lowest BCUT2D eigenvalue weighted by Crippen LogP contribution is -2.55. The fraction of sp³-hybridized carbons (Fsp3) is 0.519. The van der Waals surface area contributed by atoms with Gasteiger partial charge in [-0.1, -0.05) is 18.2 Å². The van der Waals surface area contributed by atoms with Crippen LogP contribution in [0.3, 0.4) is 0 Å². The molecule has 3 aliphatic rings. The van der Waals surface area contributed by atoms with Gasteiger partial charge in [0, 0.05) is 24.9 Å². The summed E-state index contributed by atoms with van der Waals surface area (Å²) in [6.07, 6.45) is 4.24. The van der Waals surface area contributed by atoms with Gasteiger partial charge in [0.05, 0.1) is 0 Å². The van der Waals surface area contributed by atoms with Gasteiger partial charge in [0.2, 0.25) is 6.10 Å². The molecule has 37 heavy (non-hydrogen) atoms. The minimum Gasteiger partial charge on any atom is -0.485 e. The van der Waals surface area contributed by atoms with Crippen molar-refractivity contribution in [3.8, 4) is 11.5 Å². The number of aliphatic carboxylic acids is 1. The van der Waals surface area contributed by atoms with E-state index in [-0.39, 0.29) is 25.7 Å². The quantitative estimate of drug-likeness (QED) is 0.409. The van der Waals surface area contributed by atoms with Crippen LogP contribution >= 0.6 is 0 Å². The van der Waals surface area contributed by atoms with E-state index in [1.54, 1.807) is 24.3 Å². The van der Waals surface area contributed by atoms with Gasteiger partial charge in [0.15, 0.2) is 11.5 Å². The van der Waals surface area contributed by atoms with Gasteiger partial charge in [0.1, 0.15) is 18.5 Å². The molecule has 0 bridgehead atoms. The first-order valence-corrected chi connectivity index (χ1v) is 13.0. The van der Waals surface area contributed by atoms with E-state index in [2.05, 4.69) is 17.4 Å². The fourth-order valence-electron chi connectivity index (χ4n) is 5.18. The summed E-state index contributed by atoms with van der Waals surface area (Å²) in [4.78, 5) is 35.4. The standard InChI is InChI=1S/C27H33N3O7/c31-13-11-21(26(32)33)30(37-27(34)24-16-35-22-5-1-2-6-23(22)36-24)20-14-17(15-20)7-9-19-10-8-18-4-3-12-28-25(18)29-19/h1-2,5-6,8,10,17,20-21,24,31H,3-4,7,9,11-16H2,(H,28,29)(H,32,33)/t17?,20?,21-,24?/m0/s1. The Morgan fingerprint density at radius 2 is 2.00 bits per heavy atom. The molecule has 1 fully saturated rings. The molecular weight excluding hydrogens is 478 g/mol. The third kappa shape index (κ3) is 5.80. The first-order chi connectivity index (χ1) is 18.0. The second-order valence-corrected chi connectivity index (χ2v) is 9.87. The summed E-state index contributed by atoms with van der Waals surface area (Å²) < 4.78 is 11.3. The predicted octanol–water partition coefficient (Wildman–Crippen LogP) is 2.59. The van der Waals surface area contributed by atoms with E-state index in [1.165, 1.54) is 10.6 Å². The van der Waals surface area contributed by atoms with E-state index in [0.29, 0.717) is 30.3 Å². The molecule has 1 saturated carbocycles. The highest BCUT2D eigenvalue weighted by Gasteiger charge is 2.43. The Balaban J connectivity index is 1.19. The van der Waals surface area contributed by atoms with Crippen LogP contribution in [0.25, 0.3) is 0 Å². The number of aromatic nitrogens is 1. The van der Waals surface area contributed by atoms with Gasteiger partial charge < -0.3 is 29.8 Å². The van der Waals surface area contributed by atoms with Crippen molar-refractivity contribution in [2.45, 2.75) is 63.1 Å². The van der Waals surface area contributed by atoms with Crippen LogP contribution in [0.2, 0.25) is 0 Å². The first-order valence-electron chi connectivity index (χ1n) is 13.0. The maximum absolute atomic E-state index is 13.0. The smallest absolute Gasteiger partial charge is 0.369 e. The number of ether oxygens (including phenoxy) is 2. The number of carbonyl (C=O) groups is 2. The van der Waals surface area contributed by atoms with Gasteiger partial charge in [-0.3, -0.25) is 4.79 Å². The van der Waals surface area contributed by atoms with E-state index < -0.39 is 24.1 Å². The largest absolute Gasteiger partial charge is 0.485 e. The van der Waals surface area contributed by atoms with Crippen molar-refractivity contribution in [2.24, 2.45) is 5.92 Å². The number of anilines is 1. The van der Waals surface area contributed by atoms with Gasteiger partial charge >= 0.3 is 11.9 Å². The Labute approximate surface area is 215 Å². The average Bonchev–Trinajstić information content (AvgIpc) is 2.89. The lowest BCUT2D eigenvalue weighted by atomic mass is 9.76. The number of hydrogen-bond donors (Lipinski definition) is 3. The average molecular weight is 512 g/mol. The molecule has 0 saturated heterocycles. The van der Waals surface area contributed by atoms with E-state index >= 15 is 0 Å². The van der Waals surface area contributed by atoms with Crippen LogP contribution in [-0.2, 0) is 27.3 Å². The minimum absolute atomic E-state index is 0.0304. The van der Waals surface area contributed by atoms with Crippen molar-refractivity contribution in [3.05, 3.63) is 47.7 Å². The van der Waals surface area contributed by atoms with Crippen LogP contribution in [0, 0.1) is 5.92 Å². The van der Waals surface area contributed by atoms with E-state index in [4.69, 9.17) is 19.3 Å². The number of fused-ring (bicyclic) bond motifs is 2. The molecule has 1 unspecified atom stereocenters. The molecule has 5 rings (SSSR count). The summed E-state index contributed by atoms with van der Waals surface area (Å²) in [6.45, 7) is 0.582. The number of nitrogens with zero attached hydrogens (tertiary/aromatic N) is 2. The number of para-hydroxylation sites is 2. The topological polar surface area (TPSA) is 130 Å². The monoisotopic (exact) mass is 511 g/mol. The predicted molar refractivity (Wildman–Crippen MR) is 133 cm³/mol. The van der Waals surface area contributed by atoms with Gasteiger partial charge in [-0.15, -0.1) is 5.06 Å². The maximum atomic E-state index is 13.0. The number of carbonyl (C=O) groups excluding carboxylic acids is 1. The Hall–Kier alpha value is -3.37. The Kier molecular flexibility index (Phi) is 7.76. The number of nitrogens with one attached hydrogen (secondary N) is 1. The lowest BCUT2D eigenvalue weighted by Gasteiger charge is -2.43. The molecule has 3 N–H and O–H groups in total. The molecule has 1 aliphatic carbocycles. The summed E-state index contributed by atoms with van der Waals surface area (Å²) in [7, 11) is 0. The summed E-state index contributed by atoms with van der Waals surface area (Å²) >= 11 is 0. The molecule has 10 heteroatoms. The molecule has 2 aliphatic heterocycles. The van der Waals surface area contributed by atoms with E-state index in [9.17, 15) is 19.8 Å². The number of pyridine rings is 1. The van der Waals surface area contributed by atoms with Crippen LogP contribution < -0.4 is 14.8 Å². The highest BCUT2D eigenvalue weighted by molar-refractivity contribution is 5.77. The molecular formula is C27H33N3O7. The number of hydrogen-bond acceptors (Lipinski definition) is 9. The molecule has 2 aromatic rings. The Morgan fingerprint density at radius 1 is 1.19 bits per heavy atom. The normalized spacial score (nSPS) is 22.8. The highest BCUT2D eigenvalue weighted by Crippen LogP contribution is 2.37. The molecule has 2 atom stereocenters. The number of aliphatic hydroxyl groups is 1. The molecule has 1 aromatic carbocycles. The van der Waals surface area contributed by atoms with Crippen molar-refractivity contribution in [1.29, 1.82) is 0 Å². The van der Waals surface area contributed by atoms with Gasteiger partial charge in [-0.05, 0) is 74.6 Å². The third-order valence-electron chi connectivity index (χ3n) is 7.29. The molecule has 198 valence electrons. The number of rotatable bonds is 10.